The maximum absolute atomic E-state index is 12.3. The molecule has 0 fully saturated rings. The number of nitrogens with one attached hydrogen (secondary N) is 1. The van der Waals surface area contributed by atoms with Gasteiger partial charge < -0.3 is 9.88 Å². The van der Waals surface area contributed by atoms with Gasteiger partial charge >= 0.3 is 0 Å². The number of carbonyl (C=O) groups is 1. The molecule has 0 bridgehead atoms. The van der Waals surface area contributed by atoms with Crippen LogP contribution in [0, 0.1) is 13.8 Å². The first-order chi connectivity index (χ1) is 14.1. The summed E-state index contributed by atoms with van der Waals surface area (Å²) >= 11 is 0. The summed E-state index contributed by atoms with van der Waals surface area (Å²) in [6, 6.07) is 18.2. The van der Waals surface area contributed by atoms with E-state index in [1.54, 1.807) is 24.5 Å². The number of pyridine rings is 1. The molecule has 0 radical (unpaired) electrons. The number of rotatable bonds is 6. The Morgan fingerprint density at radius 3 is 2.66 bits per heavy atom. The first-order valence-corrected chi connectivity index (χ1v) is 9.80. The highest BCUT2D eigenvalue weighted by Crippen LogP contribution is 2.20. The summed E-state index contributed by atoms with van der Waals surface area (Å²) in [5.41, 5.74) is 6.52. The first kappa shape index (κ1) is 18.9. The molecule has 4 aromatic rings. The van der Waals surface area contributed by atoms with Crippen LogP contribution in [0.3, 0.4) is 0 Å². The summed E-state index contributed by atoms with van der Waals surface area (Å²) < 4.78 is 2.26. The second-order valence-corrected chi connectivity index (χ2v) is 7.27. The van der Waals surface area contributed by atoms with Crippen molar-refractivity contribution in [1.82, 2.24) is 19.9 Å². The van der Waals surface area contributed by atoms with Crippen LogP contribution < -0.4 is 5.32 Å². The molecule has 1 amide bonds. The Hall–Kier alpha value is -3.47. The topological polar surface area (TPSA) is 59.8 Å². The Bertz CT molecular complexity index is 1150. The molecule has 5 heteroatoms. The Morgan fingerprint density at radius 2 is 1.83 bits per heavy atom. The van der Waals surface area contributed by atoms with Gasteiger partial charge in [0, 0.05) is 37.5 Å². The number of aryl methyl sites for hydroxylation is 2. The highest BCUT2D eigenvalue weighted by atomic mass is 16.1. The third kappa shape index (κ3) is 4.19. The molecule has 2 aromatic carbocycles. The normalized spacial score (nSPS) is 11.0. The van der Waals surface area contributed by atoms with Crippen LogP contribution in [0.5, 0.6) is 0 Å². The lowest BCUT2D eigenvalue weighted by Crippen LogP contribution is -2.26. The average Bonchev–Trinajstić information content (AvgIpc) is 3.08. The van der Waals surface area contributed by atoms with Crippen LogP contribution in [0.2, 0.25) is 0 Å². The SMILES string of the molecule is Cc1ccc(C)c(Cn2c(CCNC(=O)c3ccncc3)nc3ccccc32)c1. The van der Waals surface area contributed by atoms with Crippen molar-refractivity contribution in [3.63, 3.8) is 0 Å². The van der Waals surface area contributed by atoms with E-state index in [0.717, 1.165) is 23.4 Å². The maximum atomic E-state index is 12.3. The lowest BCUT2D eigenvalue weighted by Gasteiger charge is -2.13. The van der Waals surface area contributed by atoms with E-state index < -0.39 is 0 Å². The van der Waals surface area contributed by atoms with E-state index in [1.807, 2.05) is 18.2 Å². The fourth-order valence-corrected chi connectivity index (χ4v) is 3.53. The Morgan fingerprint density at radius 1 is 1.03 bits per heavy atom. The maximum Gasteiger partial charge on any atom is 0.251 e. The number of aromatic nitrogens is 3. The highest BCUT2D eigenvalue weighted by molar-refractivity contribution is 5.93. The van der Waals surface area contributed by atoms with Gasteiger partial charge in [-0.15, -0.1) is 0 Å². The molecule has 0 saturated carbocycles. The Labute approximate surface area is 170 Å². The second-order valence-electron chi connectivity index (χ2n) is 7.27. The quantitative estimate of drug-likeness (QED) is 0.545. The molecule has 5 nitrogen and oxygen atoms in total. The minimum absolute atomic E-state index is 0.0930. The predicted molar refractivity (Wildman–Crippen MR) is 115 cm³/mol. The Kier molecular flexibility index (Phi) is 5.38. The van der Waals surface area contributed by atoms with Gasteiger partial charge in [0.25, 0.3) is 5.91 Å². The van der Waals surface area contributed by atoms with Gasteiger partial charge in [-0.3, -0.25) is 9.78 Å². The second kappa shape index (κ2) is 8.27. The van der Waals surface area contributed by atoms with Gasteiger partial charge in [-0.05, 0) is 49.2 Å². The molecule has 29 heavy (non-hydrogen) atoms. The minimum atomic E-state index is -0.0930. The third-order valence-corrected chi connectivity index (χ3v) is 5.14. The summed E-state index contributed by atoms with van der Waals surface area (Å²) in [5.74, 6) is 0.881. The van der Waals surface area contributed by atoms with E-state index in [0.29, 0.717) is 18.5 Å². The molecule has 0 aliphatic carbocycles. The summed E-state index contributed by atoms with van der Waals surface area (Å²) in [7, 11) is 0. The fraction of sp³-hybridized carbons (Fsp3) is 0.208. The molecule has 0 aliphatic heterocycles. The largest absolute Gasteiger partial charge is 0.352 e. The highest BCUT2D eigenvalue weighted by Gasteiger charge is 2.13. The first-order valence-electron chi connectivity index (χ1n) is 9.80. The van der Waals surface area contributed by atoms with E-state index in [1.165, 1.54) is 16.7 Å². The zero-order valence-electron chi connectivity index (χ0n) is 16.7. The standard InChI is InChI=1S/C24H24N4O/c1-17-7-8-18(2)20(15-17)16-28-22-6-4-3-5-21(22)27-23(28)11-14-26-24(29)19-9-12-25-13-10-19/h3-10,12-13,15H,11,14,16H2,1-2H3,(H,26,29). The van der Waals surface area contributed by atoms with E-state index >= 15 is 0 Å². The lowest BCUT2D eigenvalue weighted by atomic mass is 10.1. The van der Waals surface area contributed by atoms with Crippen molar-refractivity contribution in [2.75, 3.05) is 6.54 Å². The van der Waals surface area contributed by atoms with Crippen molar-refractivity contribution in [3.8, 4) is 0 Å². The number of imidazole rings is 1. The van der Waals surface area contributed by atoms with Crippen molar-refractivity contribution in [1.29, 1.82) is 0 Å². The van der Waals surface area contributed by atoms with Crippen LogP contribution in [0.1, 0.15) is 32.9 Å². The van der Waals surface area contributed by atoms with Gasteiger partial charge in [0.05, 0.1) is 11.0 Å². The average molecular weight is 384 g/mol. The molecule has 4 rings (SSSR count). The molecular weight excluding hydrogens is 360 g/mol. The number of nitrogens with zero attached hydrogens (tertiary/aromatic N) is 3. The molecule has 2 heterocycles. The van der Waals surface area contributed by atoms with Gasteiger partial charge in [0.2, 0.25) is 0 Å². The smallest absolute Gasteiger partial charge is 0.251 e. The minimum Gasteiger partial charge on any atom is -0.352 e. The summed E-state index contributed by atoms with van der Waals surface area (Å²) in [4.78, 5) is 21.1. The molecule has 0 spiro atoms. The molecule has 1 N–H and O–H groups in total. The Balaban J connectivity index is 1.56. The molecule has 2 aromatic heterocycles. The number of para-hydroxylation sites is 2. The number of benzene rings is 2. The third-order valence-electron chi connectivity index (χ3n) is 5.14. The van der Waals surface area contributed by atoms with Gasteiger partial charge in [0.15, 0.2) is 0 Å². The molecule has 0 atom stereocenters. The molecule has 0 aliphatic rings. The van der Waals surface area contributed by atoms with Crippen molar-refractivity contribution in [2.24, 2.45) is 0 Å². The number of hydrogen-bond donors (Lipinski definition) is 1. The van der Waals surface area contributed by atoms with E-state index in [4.69, 9.17) is 4.98 Å². The van der Waals surface area contributed by atoms with Crippen LogP contribution in [0.15, 0.2) is 67.0 Å². The van der Waals surface area contributed by atoms with E-state index in [2.05, 4.69) is 53.0 Å². The summed E-state index contributed by atoms with van der Waals surface area (Å²) in [6.45, 7) is 5.55. The zero-order valence-corrected chi connectivity index (χ0v) is 16.7. The van der Waals surface area contributed by atoms with Crippen LogP contribution in [0.25, 0.3) is 11.0 Å². The number of carbonyl (C=O) groups excluding carboxylic acids is 1. The molecular formula is C24H24N4O. The molecule has 0 unspecified atom stereocenters. The zero-order chi connectivity index (χ0) is 20.2. The monoisotopic (exact) mass is 384 g/mol. The van der Waals surface area contributed by atoms with Crippen LogP contribution >= 0.6 is 0 Å². The van der Waals surface area contributed by atoms with Crippen molar-refractivity contribution < 1.29 is 4.79 Å². The van der Waals surface area contributed by atoms with Crippen LogP contribution in [0.4, 0.5) is 0 Å². The van der Waals surface area contributed by atoms with Crippen LogP contribution in [-0.4, -0.2) is 27.0 Å². The van der Waals surface area contributed by atoms with Crippen molar-refractivity contribution in [2.45, 2.75) is 26.8 Å². The lowest BCUT2D eigenvalue weighted by molar-refractivity contribution is 0.0954. The number of amides is 1. The predicted octanol–water partition coefficient (Wildman–Crippen LogP) is 4.07. The summed E-state index contributed by atoms with van der Waals surface area (Å²) in [5, 5.41) is 2.98. The van der Waals surface area contributed by atoms with Crippen molar-refractivity contribution >= 4 is 16.9 Å². The number of fused-ring (bicyclic) bond motifs is 1. The van der Waals surface area contributed by atoms with Gasteiger partial charge in [0.1, 0.15) is 5.82 Å². The van der Waals surface area contributed by atoms with Gasteiger partial charge in [-0.2, -0.15) is 0 Å². The molecule has 146 valence electrons. The number of hydrogen-bond acceptors (Lipinski definition) is 3. The summed E-state index contributed by atoms with van der Waals surface area (Å²) in [6.07, 6.45) is 3.91. The molecule has 0 saturated heterocycles. The van der Waals surface area contributed by atoms with Gasteiger partial charge in [-0.1, -0.05) is 35.9 Å². The van der Waals surface area contributed by atoms with Crippen LogP contribution in [-0.2, 0) is 13.0 Å². The fourth-order valence-electron chi connectivity index (χ4n) is 3.53. The van der Waals surface area contributed by atoms with E-state index in [9.17, 15) is 4.79 Å². The van der Waals surface area contributed by atoms with E-state index in [-0.39, 0.29) is 5.91 Å². The van der Waals surface area contributed by atoms with Gasteiger partial charge in [-0.25, -0.2) is 4.98 Å². The van der Waals surface area contributed by atoms with Crippen molar-refractivity contribution in [3.05, 3.63) is 95.1 Å².